The van der Waals surface area contributed by atoms with E-state index in [1.54, 1.807) is 23.1 Å². The van der Waals surface area contributed by atoms with Crippen LogP contribution in [-0.4, -0.2) is 37.5 Å². The van der Waals surface area contributed by atoms with Crippen LogP contribution in [0.2, 0.25) is 0 Å². The molecule has 9 nitrogen and oxygen atoms in total. The molecule has 4 aromatic heterocycles. The average Bonchev–Trinajstić information content (AvgIpc) is 3.46. The van der Waals surface area contributed by atoms with Crippen LogP contribution in [0.5, 0.6) is 0 Å². The van der Waals surface area contributed by atoms with E-state index in [1.807, 2.05) is 12.1 Å². The van der Waals surface area contributed by atoms with Gasteiger partial charge in [0.2, 0.25) is 0 Å². The standard InChI is InChI=1S/C23H24N8O/c1-14(2)29-19-9-22(31-23-16(12-28-31)7-15(10-24)11-27-23)26-13-17(19)21-8-20(30-32-21)18-5-3-4-6-25-18/h7-9,11-14,18,25H,3-6H2,1-2H3,(H,26,29)/t18-/m0/s1. The molecule has 162 valence electrons. The van der Waals surface area contributed by atoms with Crippen molar-refractivity contribution in [3.05, 3.63) is 48.0 Å². The molecule has 4 aromatic rings. The fourth-order valence-electron chi connectivity index (χ4n) is 4.02. The highest BCUT2D eigenvalue weighted by Gasteiger charge is 2.21. The molecule has 1 aliphatic rings. The molecule has 0 aliphatic carbocycles. The molecule has 5 heterocycles. The van der Waals surface area contributed by atoms with Crippen molar-refractivity contribution in [2.75, 3.05) is 11.9 Å². The van der Waals surface area contributed by atoms with Crippen LogP contribution in [0.3, 0.4) is 0 Å². The Morgan fingerprint density at radius 3 is 2.88 bits per heavy atom. The zero-order valence-electron chi connectivity index (χ0n) is 18.0. The van der Waals surface area contributed by atoms with Crippen LogP contribution < -0.4 is 10.6 Å². The molecule has 1 fully saturated rings. The first-order chi connectivity index (χ1) is 15.6. The number of hydrogen-bond acceptors (Lipinski definition) is 8. The minimum absolute atomic E-state index is 0.206. The molecule has 9 heteroatoms. The van der Waals surface area contributed by atoms with Gasteiger partial charge in [-0.3, -0.25) is 0 Å². The summed E-state index contributed by atoms with van der Waals surface area (Å²) >= 11 is 0. The van der Waals surface area contributed by atoms with Crippen molar-refractivity contribution in [1.29, 1.82) is 5.26 Å². The quantitative estimate of drug-likeness (QED) is 0.490. The lowest BCUT2D eigenvalue weighted by Crippen LogP contribution is -2.26. The van der Waals surface area contributed by atoms with E-state index in [2.05, 4.69) is 50.8 Å². The summed E-state index contributed by atoms with van der Waals surface area (Å²) in [6, 6.07) is 8.24. The Balaban J connectivity index is 1.53. The highest BCUT2D eigenvalue weighted by Crippen LogP contribution is 2.33. The SMILES string of the molecule is CC(C)Nc1cc(-n2ncc3cc(C#N)cnc32)ncc1-c1cc([C@@H]2CCCCN2)no1. The number of piperidine rings is 1. The second kappa shape index (κ2) is 8.40. The monoisotopic (exact) mass is 428 g/mol. The van der Waals surface area contributed by atoms with Gasteiger partial charge in [-0.15, -0.1) is 0 Å². The topological polar surface area (TPSA) is 117 Å². The molecule has 1 atom stereocenters. The predicted octanol–water partition coefficient (Wildman–Crippen LogP) is 3.98. The molecule has 0 radical (unpaired) electrons. The van der Waals surface area contributed by atoms with Gasteiger partial charge in [0.25, 0.3) is 0 Å². The highest BCUT2D eigenvalue weighted by atomic mass is 16.5. The normalized spacial score (nSPS) is 16.4. The number of fused-ring (bicyclic) bond motifs is 1. The van der Waals surface area contributed by atoms with Gasteiger partial charge in [-0.1, -0.05) is 11.6 Å². The molecular formula is C23H24N8O. The molecule has 0 saturated carbocycles. The van der Waals surface area contributed by atoms with Crippen molar-refractivity contribution >= 4 is 16.7 Å². The summed E-state index contributed by atoms with van der Waals surface area (Å²) in [5.74, 6) is 1.30. The van der Waals surface area contributed by atoms with Crippen LogP contribution in [-0.2, 0) is 0 Å². The van der Waals surface area contributed by atoms with Gasteiger partial charge in [-0.25, -0.2) is 9.97 Å². The van der Waals surface area contributed by atoms with Crippen LogP contribution in [0.15, 0.2) is 41.3 Å². The first-order valence-corrected chi connectivity index (χ1v) is 10.8. The Morgan fingerprint density at radius 2 is 2.09 bits per heavy atom. The van der Waals surface area contributed by atoms with Gasteiger partial charge in [0.05, 0.1) is 29.1 Å². The Labute approximate surface area is 185 Å². The van der Waals surface area contributed by atoms with E-state index in [0.717, 1.165) is 35.3 Å². The molecule has 0 aromatic carbocycles. The lowest BCUT2D eigenvalue weighted by Gasteiger charge is -2.20. The molecule has 32 heavy (non-hydrogen) atoms. The number of hydrogen-bond donors (Lipinski definition) is 2. The Morgan fingerprint density at radius 1 is 1.19 bits per heavy atom. The van der Waals surface area contributed by atoms with E-state index in [0.29, 0.717) is 22.8 Å². The first kappa shape index (κ1) is 20.2. The van der Waals surface area contributed by atoms with Crippen molar-refractivity contribution in [2.24, 2.45) is 0 Å². The first-order valence-electron chi connectivity index (χ1n) is 10.8. The fraction of sp³-hybridized carbons (Fsp3) is 0.348. The largest absolute Gasteiger partial charge is 0.382 e. The maximum Gasteiger partial charge on any atom is 0.170 e. The van der Waals surface area contributed by atoms with Crippen LogP contribution in [0.4, 0.5) is 5.69 Å². The van der Waals surface area contributed by atoms with Crippen LogP contribution in [0.25, 0.3) is 28.2 Å². The maximum absolute atomic E-state index is 9.11. The van der Waals surface area contributed by atoms with Gasteiger partial charge in [-0.2, -0.15) is 15.0 Å². The molecular weight excluding hydrogens is 404 g/mol. The van der Waals surface area contributed by atoms with E-state index in [-0.39, 0.29) is 12.1 Å². The second-order valence-electron chi connectivity index (χ2n) is 8.31. The number of nitriles is 1. The van der Waals surface area contributed by atoms with Gasteiger partial charge in [0.15, 0.2) is 17.2 Å². The summed E-state index contributed by atoms with van der Waals surface area (Å²) in [6.07, 6.45) is 8.45. The van der Waals surface area contributed by atoms with E-state index < -0.39 is 0 Å². The summed E-state index contributed by atoms with van der Waals surface area (Å²) in [5, 5.41) is 25.6. The Hall–Kier alpha value is -3.77. The van der Waals surface area contributed by atoms with E-state index in [9.17, 15) is 0 Å². The smallest absolute Gasteiger partial charge is 0.170 e. The molecule has 0 spiro atoms. The zero-order valence-corrected chi connectivity index (χ0v) is 18.0. The van der Waals surface area contributed by atoms with E-state index in [1.165, 1.54) is 19.0 Å². The number of anilines is 1. The van der Waals surface area contributed by atoms with E-state index in [4.69, 9.17) is 9.78 Å². The molecule has 0 amide bonds. The van der Waals surface area contributed by atoms with Crippen LogP contribution in [0.1, 0.15) is 50.4 Å². The van der Waals surface area contributed by atoms with Crippen molar-refractivity contribution in [1.82, 2.24) is 30.2 Å². The molecule has 0 bridgehead atoms. The maximum atomic E-state index is 9.11. The molecule has 1 aliphatic heterocycles. The van der Waals surface area contributed by atoms with Crippen molar-refractivity contribution < 1.29 is 4.52 Å². The fourth-order valence-corrected chi connectivity index (χ4v) is 4.02. The van der Waals surface area contributed by atoms with Gasteiger partial charge in [0.1, 0.15) is 11.8 Å². The number of aromatic nitrogens is 5. The summed E-state index contributed by atoms with van der Waals surface area (Å²) in [5.41, 5.74) is 3.78. The van der Waals surface area contributed by atoms with Gasteiger partial charge < -0.3 is 15.2 Å². The second-order valence-corrected chi connectivity index (χ2v) is 8.31. The average molecular weight is 429 g/mol. The minimum atomic E-state index is 0.206. The molecule has 1 saturated heterocycles. The summed E-state index contributed by atoms with van der Waals surface area (Å²) in [7, 11) is 0. The van der Waals surface area contributed by atoms with E-state index >= 15 is 0 Å². The lowest BCUT2D eigenvalue weighted by molar-refractivity contribution is 0.368. The highest BCUT2D eigenvalue weighted by molar-refractivity contribution is 5.79. The van der Waals surface area contributed by atoms with Crippen molar-refractivity contribution in [2.45, 2.75) is 45.2 Å². The van der Waals surface area contributed by atoms with Crippen LogP contribution in [0, 0.1) is 11.3 Å². The number of pyridine rings is 2. The molecule has 2 N–H and O–H groups in total. The molecule has 5 rings (SSSR count). The third kappa shape index (κ3) is 3.81. The van der Waals surface area contributed by atoms with Gasteiger partial charge in [0, 0.05) is 36.0 Å². The van der Waals surface area contributed by atoms with Crippen LogP contribution >= 0.6 is 0 Å². The van der Waals surface area contributed by atoms with Crippen molar-refractivity contribution in [3.63, 3.8) is 0 Å². The number of rotatable bonds is 5. The number of nitrogens with zero attached hydrogens (tertiary/aromatic N) is 6. The third-order valence-electron chi connectivity index (χ3n) is 5.55. The Kier molecular flexibility index (Phi) is 5.29. The van der Waals surface area contributed by atoms with Crippen molar-refractivity contribution in [3.8, 4) is 23.2 Å². The summed E-state index contributed by atoms with van der Waals surface area (Å²) in [4.78, 5) is 9.03. The molecule has 0 unspecified atom stereocenters. The Bertz CT molecular complexity index is 1290. The predicted molar refractivity (Wildman–Crippen MR) is 120 cm³/mol. The summed E-state index contributed by atoms with van der Waals surface area (Å²) in [6.45, 7) is 5.16. The van der Waals surface area contributed by atoms with Gasteiger partial charge in [-0.05, 0) is 39.3 Å². The summed E-state index contributed by atoms with van der Waals surface area (Å²) < 4.78 is 7.39. The minimum Gasteiger partial charge on any atom is -0.382 e. The van der Waals surface area contributed by atoms with Gasteiger partial charge >= 0.3 is 0 Å². The third-order valence-corrected chi connectivity index (χ3v) is 5.55. The number of nitrogens with one attached hydrogen (secondary N) is 2. The zero-order chi connectivity index (χ0) is 22.1. The lowest BCUT2D eigenvalue weighted by atomic mass is 10.0.